The van der Waals surface area contributed by atoms with E-state index in [4.69, 9.17) is 9.47 Å². The summed E-state index contributed by atoms with van der Waals surface area (Å²) >= 11 is 0. The van der Waals surface area contributed by atoms with Gasteiger partial charge in [-0.15, -0.1) is 0 Å². The maximum Gasteiger partial charge on any atom is 0.338 e. The van der Waals surface area contributed by atoms with Crippen LogP contribution in [0, 0.1) is 13.8 Å². The van der Waals surface area contributed by atoms with Crippen LogP contribution < -0.4 is 5.32 Å². The van der Waals surface area contributed by atoms with Gasteiger partial charge in [0.2, 0.25) is 11.7 Å². The standard InChI is InChI=1S/C31H31NO7/c1-20-12-13-25(18-21(20)2)27(33)19-38-29(35)11-7-10-28(34)32-26-16-14-24(15-17-26)31(37)39-22(3)30(36)23-8-5-4-6-9-23/h4-6,8-9,12-18,22H,7,10-11,19H2,1-3H3,(H,32,34). The number of Topliss-reactive ketones (excluding diaryl/α,β-unsaturated/α-hetero) is 2. The van der Waals surface area contributed by atoms with Gasteiger partial charge in [-0.3, -0.25) is 19.2 Å². The van der Waals surface area contributed by atoms with Crippen LogP contribution in [0.5, 0.6) is 0 Å². The third-order valence-corrected chi connectivity index (χ3v) is 6.09. The van der Waals surface area contributed by atoms with Crippen molar-refractivity contribution < 1.29 is 33.4 Å². The Morgan fingerprint density at radius 1 is 0.769 bits per heavy atom. The summed E-state index contributed by atoms with van der Waals surface area (Å²) in [5.41, 5.74) is 3.69. The molecule has 8 nitrogen and oxygen atoms in total. The molecule has 8 heteroatoms. The Hall–Kier alpha value is -4.59. The monoisotopic (exact) mass is 529 g/mol. The Kier molecular flexibility index (Phi) is 10.3. The number of anilines is 1. The molecule has 0 bridgehead atoms. The van der Waals surface area contributed by atoms with Crippen LogP contribution in [-0.4, -0.2) is 42.1 Å². The molecule has 0 spiro atoms. The molecule has 3 aromatic rings. The van der Waals surface area contributed by atoms with Crippen molar-refractivity contribution >= 4 is 35.1 Å². The van der Waals surface area contributed by atoms with Gasteiger partial charge >= 0.3 is 11.9 Å². The lowest BCUT2D eigenvalue weighted by molar-refractivity contribution is -0.142. The summed E-state index contributed by atoms with van der Waals surface area (Å²) in [4.78, 5) is 61.2. The van der Waals surface area contributed by atoms with E-state index in [9.17, 15) is 24.0 Å². The van der Waals surface area contributed by atoms with Crippen molar-refractivity contribution in [1.82, 2.24) is 0 Å². The maximum atomic E-state index is 12.4. The van der Waals surface area contributed by atoms with E-state index in [0.717, 1.165) is 11.1 Å². The molecule has 0 aliphatic carbocycles. The largest absolute Gasteiger partial charge is 0.457 e. The number of carbonyl (C=O) groups is 5. The second kappa shape index (κ2) is 13.8. The zero-order valence-corrected chi connectivity index (χ0v) is 22.2. The lowest BCUT2D eigenvalue weighted by Gasteiger charge is -2.12. The quantitative estimate of drug-likeness (QED) is 0.251. The normalized spacial score (nSPS) is 11.3. The third kappa shape index (κ3) is 8.74. The minimum Gasteiger partial charge on any atom is -0.457 e. The van der Waals surface area contributed by atoms with Crippen molar-refractivity contribution in [3.05, 3.63) is 101 Å². The molecule has 0 saturated heterocycles. The molecule has 0 heterocycles. The maximum absolute atomic E-state index is 12.4. The van der Waals surface area contributed by atoms with Gasteiger partial charge in [0.05, 0.1) is 5.56 Å². The van der Waals surface area contributed by atoms with Gasteiger partial charge in [-0.1, -0.05) is 42.5 Å². The predicted molar refractivity (Wildman–Crippen MR) is 146 cm³/mol. The van der Waals surface area contributed by atoms with Gasteiger partial charge < -0.3 is 14.8 Å². The van der Waals surface area contributed by atoms with Gasteiger partial charge in [0.25, 0.3) is 0 Å². The summed E-state index contributed by atoms with van der Waals surface area (Å²) < 4.78 is 10.3. The first-order valence-electron chi connectivity index (χ1n) is 12.6. The highest BCUT2D eigenvalue weighted by molar-refractivity contribution is 6.01. The number of carbonyl (C=O) groups excluding carboxylic acids is 5. The molecule has 3 rings (SSSR count). The van der Waals surface area contributed by atoms with Gasteiger partial charge in [-0.2, -0.15) is 0 Å². The van der Waals surface area contributed by atoms with Crippen LogP contribution in [0.25, 0.3) is 0 Å². The Morgan fingerprint density at radius 2 is 1.44 bits per heavy atom. The smallest absolute Gasteiger partial charge is 0.338 e. The summed E-state index contributed by atoms with van der Waals surface area (Å²) in [6.45, 7) is 5.02. The molecule has 0 fully saturated rings. The summed E-state index contributed by atoms with van der Waals surface area (Å²) in [5, 5.41) is 2.69. The second-order valence-corrected chi connectivity index (χ2v) is 9.14. The SMILES string of the molecule is Cc1ccc(C(=O)COC(=O)CCCC(=O)Nc2ccc(C(=O)OC(C)C(=O)c3ccccc3)cc2)cc1C. The van der Waals surface area contributed by atoms with Crippen LogP contribution in [0.4, 0.5) is 5.69 Å². The number of ether oxygens (including phenoxy) is 2. The van der Waals surface area contributed by atoms with Gasteiger partial charge in [-0.25, -0.2) is 4.79 Å². The lowest BCUT2D eigenvalue weighted by atomic mass is 10.0. The predicted octanol–water partition coefficient (Wildman–Crippen LogP) is 5.27. The van der Waals surface area contributed by atoms with Crippen LogP contribution in [-0.2, 0) is 19.1 Å². The summed E-state index contributed by atoms with van der Waals surface area (Å²) in [6, 6.07) is 19.9. The molecule has 1 unspecified atom stereocenters. The van der Waals surface area contributed by atoms with Gasteiger partial charge in [0, 0.05) is 29.7 Å². The van der Waals surface area contributed by atoms with E-state index in [2.05, 4.69) is 5.32 Å². The lowest BCUT2D eigenvalue weighted by Crippen LogP contribution is -2.24. The van der Waals surface area contributed by atoms with Gasteiger partial charge in [0.15, 0.2) is 18.5 Å². The van der Waals surface area contributed by atoms with Crippen LogP contribution in [0.1, 0.15) is 68.4 Å². The third-order valence-electron chi connectivity index (χ3n) is 6.09. The molecule has 202 valence electrons. The molecule has 0 aliphatic heterocycles. The van der Waals surface area contributed by atoms with Crippen molar-refractivity contribution in [2.24, 2.45) is 0 Å². The Balaban J connectivity index is 1.37. The fourth-order valence-corrected chi connectivity index (χ4v) is 3.64. The van der Waals surface area contributed by atoms with E-state index in [1.165, 1.54) is 19.1 Å². The number of esters is 2. The number of rotatable bonds is 12. The van der Waals surface area contributed by atoms with Crippen LogP contribution >= 0.6 is 0 Å². The van der Waals surface area contributed by atoms with Crippen LogP contribution in [0.3, 0.4) is 0 Å². The molecule has 39 heavy (non-hydrogen) atoms. The van der Waals surface area contributed by atoms with Crippen LogP contribution in [0.15, 0.2) is 72.8 Å². The zero-order valence-electron chi connectivity index (χ0n) is 22.2. The van der Waals surface area contributed by atoms with E-state index in [1.807, 2.05) is 19.9 Å². The second-order valence-electron chi connectivity index (χ2n) is 9.14. The van der Waals surface area contributed by atoms with E-state index in [1.54, 1.807) is 54.6 Å². The highest BCUT2D eigenvalue weighted by atomic mass is 16.5. The highest BCUT2D eigenvalue weighted by Gasteiger charge is 2.20. The molecular formula is C31H31NO7. The minimum absolute atomic E-state index is 0.00170. The van der Waals surface area contributed by atoms with Crippen molar-refractivity contribution in [2.45, 2.75) is 46.1 Å². The van der Waals surface area contributed by atoms with Crippen LogP contribution in [0.2, 0.25) is 0 Å². The highest BCUT2D eigenvalue weighted by Crippen LogP contribution is 2.14. The van der Waals surface area contributed by atoms with Gasteiger partial charge in [-0.05, 0) is 68.7 Å². The molecule has 0 aliphatic rings. The molecule has 1 N–H and O–H groups in total. The Labute approximate surface area is 227 Å². The number of hydrogen-bond acceptors (Lipinski definition) is 7. The minimum atomic E-state index is -0.948. The molecule has 0 radical (unpaired) electrons. The van der Waals surface area contributed by atoms with E-state index in [-0.39, 0.29) is 48.9 Å². The number of nitrogens with one attached hydrogen (secondary N) is 1. The van der Waals surface area contributed by atoms with E-state index in [0.29, 0.717) is 16.8 Å². The van der Waals surface area contributed by atoms with E-state index < -0.39 is 18.0 Å². The topological polar surface area (TPSA) is 116 Å². The summed E-state index contributed by atoms with van der Waals surface area (Å²) in [7, 11) is 0. The molecule has 3 aromatic carbocycles. The first-order chi connectivity index (χ1) is 18.6. The first-order valence-corrected chi connectivity index (χ1v) is 12.6. The number of benzene rings is 3. The molecule has 1 amide bonds. The van der Waals surface area contributed by atoms with Crippen molar-refractivity contribution in [1.29, 1.82) is 0 Å². The van der Waals surface area contributed by atoms with E-state index >= 15 is 0 Å². The number of aryl methyl sites for hydroxylation is 2. The summed E-state index contributed by atoms with van der Waals surface area (Å²) in [6.07, 6.45) is -0.627. The van der Waals surface area contributed by atoms with Crippen molar-refractivity contribution in [3.63, 3.8) is 0 Å². The Morgan fingerprint density at radius 3 is 2.10 bits per heavy atom. The average Bonchev–Trinajstić information content (AvgIpc) is 2.93. The number of amides is 1. The molecule has 1 atom stereocenters. The van der Waals surface area contributed by atoms with Crippen molar-refractivity contribution in [3.8, 4) is 0 Å². The number of ketones is 2. The molecule has 0 aromatic heterocycles. The zero-order chi connectivity index (χ0) is 28.4. The number of hydrogen-bond donors (Lipinski definition) is 1. The fourth-order valence-electron chi connectivity index (χ4n) is 3.64. The van der Waals surface area contributed by atoms with Crippen molar-refractivity contribution in [2.75, 3.05) is 11.9 Å². The summed E-state index contributed by atoms with van der Waals surface area (Å²) in [5.74, 6) is -2.10. The van der Waals surface area contributed by atoms with Gasteiger partial charge in [0.1, 0.15) is 0 Å². The Bertz CT molecular complexity index is 1350. The fraction of sp³-hybridized carbons (Fsp3) is 0.258. The first kappa shape index (κ1) is 29.0. The average molecular weight is 530 g/mol. The molecule has 0 saturated carbocycles. The molecular weight excluding hydrogens is 498 g/mol.